The van der Waals surface area contributed by atoms with Crippen LogP contribution in [0, 0.1) is 11.6 Å². The van der Waals surface area contributed by atoms with Crippen LogP contribution in [0.1, 0.15) is 41.6 Å². The quantitative estimate of drug-likeness (QED) is 0.105. The Kier molecular flexibility index (Phi) is 12.8. The highest BCUT2D eigenvalue weighted by Gasteiger charge is 2.30. The lowest BCUT2D eigenvalue weighted by Crippen LogP contribution is -2.47. The van der Waals surface area contributed by atoms with Crippen LogP contribution in [-0.2, 0) is 39.6 Å². The number of fused-ring (bicyclic) bond motifs is 1. The molecular weight excluding hydrogens is 812 g/mol. The van der Waals surface area contributed by atoms with Gasteiger partial charge in [-0.2, -0.15) is 5.10 Å². The van der Waals surface area contributed by atoms with E-state index < -0.39 is 51.2 Å². The number of hydrogen-bond donors (Lipinski definition) is 3. The molecule has 5 aromatic rings. The van der Waals surface area contributed by atoms with Gasteiger partial charge in [-0.15, -0.1) is 11.3 Å². The Morgan fingerprint density at radius 1 is 1.04 bits per heavy atom. The van der Waals surface area contributed by atoms with E-state index in [4.69, 9.17) is 21.1 Å². The first kappa shape index (κ1) is 42.2. The fraction of sp³-hybridized carbons (Fsp3) is 0.306. The monoisotopic (exact) mass is 849 g/mol. The van der Waals surface area contributed by atoms with Crippen LogP contribution in [0.5, 0.6) is 5.75 Å². The molecule has 20 heteroatoms. The molecule has 0 aliphatic carbocycles. The number of amides is 3. The van der Waals surface area contributed by atoms with Crippen molar-refractivity contribution in [2.75, 3.05) is 34.6 Å². The topological polar surface area (TPSA) is 174 Å². The number of anilines is 3. The molecule has 0 aliphatic heterocycles. The van der Waals surface area contributed by atoms with Crippen molar-refractivity contribution in [3.63, 3.8) is 0 Å². The number of alkyl carbamates (subject to hydrolysis) is 1. The van der Waals surface area contributed by atoms with E-state index >= 15 is 0 Å². The molecule has 3 N–H and O–H groups in total. The Balaban J connectivity index is 1.47. The summed E-state index contributed by atoms with van der Waals surface area (Å²) in [5.41, 5.74) is 0.299. The second kappa shape index (κ2) is 17.0. The average molecular weight is 850 g/mol. The lowest BCUT2D eigenvalue weighted by atomic mass is 10.0. The summed E-state index contributed by atoms with van der Waals surface area (Å²) in [4.78, 5) is 44.9. The molecule has 0 radical (unpaired) electrons. The molecule has 0 spiro atoms. The van der Waals surface area contributed by atoms with Crippen molar-refractivity contribution in [2.24, 2.45) is 7.05 Å². The van der Waals surface area contributed by atoms with Crippen LogP contribution in [0.25, 0.3) is 10.9 Å². The average Bonchev–Trinajstić information content (AvgIpc) is 3.67. The molecule has 298 valence electrons. The molecule has 3 amide bonds. The highest BCUT2D eigenvalue weighted by molar-refractivity contribution is 8.00. The van der Waals surface area contributed by atoms with Crippen LogP contribution in [0.4, 0.5) is 30.9 Å². The summed E-state index contributed by atoms with van der Waals surface area (Å²) in [5.74, 6) is -2.84. The molecule has 0 bridgehead atoms. The van der Waals surface area contributed by atoms with Crippen LogP contribution in [-0.4, -0.2) is 72.4 Å². The number of carbonyl (C=O) groups excluding carboxylic acids is 3. The fourth-order valence-electron chi connectivity index (χ4n) is 5.51. The number of nitrogens with one attached hydrogen (secondary N) is 3. The molecule has 14 nitrogen and oxygen atoms in total. The second-order valence-corrected chi connectivity index (χ2v) is 17.7. The van der Waals surface area contributed by atoms with Crippen molar-refractivity contribution in [1.29, 1.82) is 0 Å². The van der Waals surface area contributed by atoms with Gasteiger partial charge in [0.1, 0.15) is 33.9 Å². The van der Waals surface area contributed by atoms with Gasteiger partial charge in [-0.3, -0.25) is 14.3 Å². The maximum absolute atomic E-state index is 14.1. The number of thioether (sulfide) groups is 1. The van der Waals surface area contributed by atoms with E-state index in [1.807, 2.05) is 0 Å². The van der Waals surface area contributed by atoms with Crippen molar-refractivity contribution in [3.8, 4) is 5.75 Å². The van der Waals surface area contributed by atoms with Crippen LogP contribution >= 0.6 is 34.7 Å². The van der Waals surface area contributed by atoms with Crippen LogP contribution in [0.15, 0.2) is 58.9 Å². The summed E-state index contributed by atoms with van der Waals surface area (Å²) in [6.07, 6.45) is 1.46. The highest BCUT2D eigenvalue weighted by Crippen LogP contribution is 2.39. The third-order valence-corrected chi connectivity index (χ3v) is 11.3. The molecule has 3 aromatic carbocycles. The third-order valence-electron chi connectivity index (χ3n) is 7.89. The van der Waals surface area contributed by atoms with E-state index in [0.717, 1.165) is 34.0 Å². The van der Waals surface area contributed by atoms with Gasteiger partial charge in [-0.05, 0) is 74.6 Å². The molecule has 5 rings (SSSR count). The minimum Gasteiger partial charge on any atom is -0.497 e. The minimum atomic E-state index is -3.91. The van der Waals surface area contributed by atoms with E-state index in [1.165, 1.54) is 35.7 Å². The lowest BCUT2D eigenvalue weighted by Gasteiger charge is -2.23. The maximum Gasteiger partial charge on any atom is 0.408 e. The standard InChI is InChI=1S/C36H38ClF2N7O7S3/c1-36(2,3)53-34(49)41-26(16-20-14-21(38)17-22(39)15-20)32(47)42-30-29(55-35(43-30)54-6)33(48)40-25-13-12-24(37)27-28(25)45(4)44-31(27)46(56(7,50)51)18-19-8-10-23(52-5)11-9-19/h8-15,17,26H,16,18H2,1-7H3,(H,40,48)(H,41,49)(H,42,47)/t26-/m0/s1. The van der Waals surface area contributed by atoms with Gasteiger partial charge in [0.2, 0.25) is 15.9 Å². The number of aryl methyl sites for hydroxylation is 1. The Hall–Kier alpha value is -4.98. The first-order valence-corrected chi connectivity index (χ1v) is 20.9. The summed E-state index contributed by atoms with van der Waals surface area (Å²) in [6.45, 7) is 4.79. The molecular formula is C36H38ClF2N7O7S3. The zero-order valence-electron chi connectivity index (χ0n) is 31.2. The summed E-state index contributed by atoms with van der Waals surface area (Å²) >= 11 is 8.85. The van der Waals surface area contributed by atoms with Crippen molar-refractivity contribution in [2.45, 2.75) is 49.7 Å². The highest BCUT2D eigenvalue weighted by atomic mass is 35.5. The normalized spacial score (nSPS) is 12.2. The molecule has 0 saturated heterocycles. The molecule has 1 atom stereocenters. The number of halogens is 3. The summed E-state index contributed by atoms with van der Waals surface area (Å²) in [5, 5.41) is 12.8. The van der Waals surface area contributed by atoms with E-state index in [1.54, 1.807) is 58.3 Å². The van der Waals surface area contributed by atoms with Gasteiger partial charge >= 0.3 is 6.09 Å². The van der Waals surface area contributed by atoms with Gasteiger partial charge in [0, 0.05) is 19.5 Å². The van der Waals surface area contributed by atoms with Crippen molar-refractivity contribution in [1.82, 2.24) is 20.1 Å². The molecule has 0 fully saturated rings. The van der Waals surface area contributed by atoms with Gasteiger partial charge in [0.15, 0.2) is 16.0 Å². The van der Waals surface area contributed by atoms with Gasteiger partial charge in [0.05, 0.1) is 41.5 Å². The van der Waals surface area contributed by atoms with E-state index in [-0.39, 0.29) is 51.1 Å². The molecule has 0 saturated carbocycles. The van der Waals surface area contributed by atoms with Gasteiger partial charge in [-0.1, -0.05) is 35.5 Å². The number of benzene rings is 3. The lowest BCUT2D eigenvalue weighted by molar-refractivity contribution is -0.118. The zero-order valence-corrected chi connectivity index (χ0v) is 34.4. The first-order chi connectivity index (χ1) is 26.3. The summed E-state index contributed by atoms with van der Waals surface area (Å²) in [7, 11) is -0.823. The molecule has 0 aliphatic rings. The Labute approximate surface area is 335 Å². The number of methoxy groups -OCH3 is 1. The Morgan fingerprint density at radius 2 is 1.70 bits per heavy atom. The Bertz CT molecular complexity index is 2380. The van der Waals surface area contributed by atoms with Gasteiger partial charge in [-0.25, -0.2) is 31.3 Å². The number of sulfonamides is 1. The first-order valence-electron chi connectivity index (χ1n) is 16.6. The van der Waals surface area contributed by atoms with Crippen molar-refractivity contribution >= 4 is 90.9 Å². The molecule has 2 aromatic heterocycles. The number of nitrogens with zero attached hydrogens (tertiary/aromatic N) is 4. The SMILES string of the molecule is COc1ccc(CN(c2nn(C)c3c(NC(=O)c4sc(SC)nc4NC(=O)[C@H](Cc4cc(F)cc(F)c4)NC(=O)OC(C)(C)C)ccc(Cl)c23)S(C)(=O)=O)cc1. The number of carbonyl (C=O) groups is 3. The van der Waals surface area contributed by atoms with E-state index in [2.05, 4.69) is 26.0 Å². The molecule has 2 heterocycles. The number of ether oxygens (including phenoxy) is 2. The maximum atomic E-state index is 14.1. The summed E-state index contributed by atoms with van der Waals surface area (Å²) in [6, 6.07) is 11.2. The van der Waals surface area contributed by atoms with E-state index in [0.29, 0.717) is 27.2 Å². The summed E-state index contributed by atoms with van der Waals surface area (Å²) < 4.78 is 67.9. The fourth-order valence-corrected chi connectivity index (χ4v) is 7.99. The third kappa shape index (κ3) is 10.2. The van der Waals surface area contributed by atoms with Crippen LogP contribution < -0.4 is 25.0 Å². The van der Waals surface area contributed by atoms with Crippen LogP contribution in [0.2, 0.25) is 5.02 Å². The molecule has 56 heavy (non-hydrogen) atoms. The predicted molar refractivity (Wildman–Crippen MR) is 213 cm³/mol. The minimum absolute atomic E-state index is 0.0269. The number of thiazole rings is 1. The predicted octanol–water partition coefficient (Wildman–Crippen LogP) is 6.98. The Morgan fingerprint density at radius 3 is 2.29 bits per heavy atom. The van der Waals surface area contributed by atoms with Gasteiger partial charge < -0.3 is 25.4 Å². The zero-order chi connectivity index (χ0) is 41.1. The number of hydrogen-bond acceptors (Lipinski definition) is 11. The second-order valence-electron chi connectivity index (χ2n) is 13.4. The van der Waals surface area contributed by atoms with Crippen LogP contribution in [0.3, 0.4) is 0 Å². The van der Waals surface area contributed by atoms with E-state index in [9.17, 15) is 31.6 Å². The number of rotatable bonds is 13. The largest absolute Gasteiger partial charge is 0.497 e. The van der Waals surface area contributed by atoms with Crippen molar-refractivity contribution in [3.05, 3.63) is 87.3 Å². The number of aromatic nitrogens is 3. The van der Waals surface area contributed by atoms with Gasteiger partial charge in [0.25, 0.3) is 5.91 Å². The van der Waals surface area contributed by atoms with Crippen molar-refractivity contribution < 1.29 is 41.1 Å². The smallest absolute Gasteiger partial charge is 0.408 e. The molecule has 0 unspecified atom stereocenters.